The Morgan fingerprint density at radius 2 is 2.00 bits per heavy atom. The van der Waals surface area contributed by atoms with E-state index < -0.39 is 11.5 Å². The minimum atomic E-state index is -1.10. The SMILES string of the molecule is CC1(NC(=O)c2ccccc2C(=O)O)CCCOC1. The Hall–Kier alpha value is -1.88. The Balaban J connectivity index is 2.18. The van der Waals surface area contributed by atoms with Crippen LogP contribution in [0.2, 0.25) is 0 Å². The van der Waals surface area contributed by atoms with Crippen LogP contribution in [0.15, 0.2) is 24.3 Å². The highest BCUT2D eigenvalue weighted by Crippen LogP contribution is 2.19. The number of carbonyl (C=O) groups excluding carboxylic acids is 1. The van der Waals surface area contributed by atoms with Gasteiger partial charge in [0.2, 0.25) is 0 Å². The maximum atomic E-state index is 12.2. The van der Waals surface area contributed by atoms with Gasteiger partial charge in [0, 0.05) is 6.61 Å². The van der Waals surface area contributed by atoms with E-state index in [9.17, 15) is 9.59 Å². The molecule has 1 atom stereocenters. The Kier molecular flexibility index (Phi) is 3.85. The molecule has 0 bridgehead atoms. The molecule has 1 aromatic rings. The van der Waals surface area contributed by atoms with E-state index in [4.69, 9.17) is 9.84 Å². The van der Waals surface area contributed by atoms with E-state index in [-0.39, 0.29) is 17.0 Å². The fourth-order valence-electron chi connectivity index (χ4n) is 2.24. The highest BCUT2D eigenvalue weighted by atomic mass is 16.5. The molecular formula is C14H17NO4. The molecule has 1 amide bonds. The van der Waals surface area contributed by atoms with Gasteiger partial charge in [-0.2, -0.15) is 0 Å². The van der Waals surface area contributed by atoms with E-state index in [0.717, 1.165) is 12.8 Å². The molecule has 5 heteroatoms. The quantitative estimate of drug-likeness (QED) is 0.870. The molecule has 5 nitrogen and oxygen atoms in total. The van der Waals surface area contributed by atoms with Crippen molar-refractivity contribution >= 4 is 11.9 Å². The number of hydrogen-bond acceptors (Lipinski definition) is 3. The number of rotatable bonds is 3. The highest BCUT2D eigenvalue weighted by Gasteiger charge is 2.30. The molecular weight excluding hydrogens is 246 g/mol. The van der Waals surface area contributed by atoms with Crippen LogP contribution in [-0.2, 0) is 4.74 Å². The number of ether oxygens (including phenoxy) is 1. The summed E-state index contributed by atoms with van der Waals surface area (Å²) >= 11 is 0. The zero-order valence-electron chi connectivity index (χ0n) is 10.8. The maximum Gasteiger partial charge on any atom is 0.336 e. The van der Waals surface area contributed by atoms with E-state index >= 15 is 0 Å². The van der Waals surface area contributed by atoms with Crippen molar-refractivity contribution in [2.75, 3.05) is 13.2 Å². The average molecular weight is 263 g/mol. The molecule has 2 rings (SSSR count). The van der Waals surface area contributed by atoms with Crippen molar-refractivity contribution < 1.29 is 19.4 Å². The Morgan fingerprint density at radius 3 is 2.58 bits per heavy atom. The molecule has 1 aromatic carbocycles. The maximum absolute atomic E-state index is 12.2. The first-order valence-electron chi connectivity index (χ1n) is 6.24. The molecule has 1 unspecified atom stereocenters. The van der Waals surface area contributed by atoms with Crippen molar-refractivity contribution in [3.05, 3.63) is 35.4 Å². The number of carboxylic acid groups (broad SMARTS) is 1. The second-order valence-electron chi connectivity index (χ2n) is 5.02. The molecule has 0 spiro atoms. The summed E-state index contributed by atoms with van der Waals surface area (Å²) in [6.07, 6.45) is 1.71. The number of carboxylic acids is 1. The van der Waals surface area contributed by atoms with Gasteiger partial charge >= 0.3 is 5.97 Å². The van der Waals surface area contributed by atoms with Gasteiger partial charge in [0.25, 0.3) is 5.91 Å². The van der Waals surface area contributed by atoms with Gasteiger partial charge in [-0.1, -0.05) is 12.1 Å². The summed E-state index contributed by atoms with van der Waals surface area (Å²) in [5.74, 6) is -1.47. The lowest BCUT2D eigenvalue weighted by atomic mass is 9.94. The van der Waals surface area contributed by atoms with Crippen LogP contribution >= 0.6 is 0 Å². The number of carbonyl (C=O) groups is 2. The summed E-state index contributed by atoms with van der Waals surface area (Å²) in [5, 5.41) is 12.0. The first-order chi connectivity index (χ1) is 9.02. The Morgan fingerprint density at radius 1 is 1.32 bits per heavy atom. The van der Waals surface area contributed by atoms with Crippen LogP contribution in [0.25, 0.3) is 0 Å². The van der Waals surface area contributed by atoms with Crippen LogP contribution in [0.5, 0.6) is 0 Å². The second-order valence-corrected chi connectivity index (χ2v) is 5.02. The van der Waals surface area contributed by atoms with E-state index in [0.29, 0.717) is 13.2 Å². The lowest BCUT2D eigenvalue weighted by molar-refractivity contribution is 0.0272. The van der Waals surface area contributed by atoms with Crippen LogP contribution in [-0.4, -0.2) is 35.7 Å². The predicted molar refractivity (Wildman–Crippen MR) is 69.3 cm³/mol. The molecule has 1 fully saturated rings. The van der Waals surface area contributed by atoms with Crippen LogP contribution in [0.3, 0.4) is 0 Å². The molecule has 19 heavy (non-hydrogen) atoms. The van der Waals surface area contributed by atoms with E-state index in [1.807, 2.05) is 6.92 Å². The van der Waals surface area contributed by atoms with Gasteiger partial charge in [-0.05, 0) is 31.9 Å². The first kappa shape index (κ1) is 13.5. The summed E-state index contributed by atoms with van der Waals surface area (Å²) in [6, 6.07) is 6.20. The third-order valence-electron chi connectivity index (χ3n) is 3.26. The Bertz CT molecular complexity index is 492. The monoisotopic (exact) mass is 263 g/mol. The topological polar surface area (TPSA) is 75.6 Å². The standard InChI is InChI=1S/C14H17NO4/c1-14(7-4-8-19-9-14)15-12(16)10-5-2-3-6-11(10)13(17)18/h2-3,5-6H,4,7-9H2,1H3,(H,15,16)(H,17,18). The summed E-state index contributed by atoms with van der Waals surface area (Å²) in [4.78, 5) is 23.3. The zero-order chi connectivity index (χ0) is 13.9. The summed E-state index contributed by atoms with van der Waals surface area (Å²) in [6.45, 7) is 3.07. The van der Waals surface area contributed by atoms with Crippen molar-refractivity contribution in [2.24, 2.45) is 0 Å². The fourth-order valence-corrected chi connectivity index (χ4v) is 2.24. The van der Waals surface area contributed by atoms with Gasteiger partial charge in [0.15, 0.2) is 0 Å². The van der Waals surface area contributed by atoms with Gasteiger partial charge in [-0.25, -0.2) is 4.79 Å². The average Bonchev–Trinajstić information content (AvgIpc) is 2.39. The molecule has 102 valence electrons. The second kappa shape index (κ2) is 5.40. The molecule has 1 aliphatic heterocycles. The number of amides is 1. The lowest BCUT2D eigenvalue weighted by Crippen LogP contribution is -2.51. The van der Waals surface area contributed by atoms with Gasteiger partial charge < -0.3 is 15.2 Å². The minimum absolute atomic E-state index is 0.0142. The number of nitrogens with one attached hydrogen (secondary N) is 1. The molecule has 1 saturated heterocycles. The van der Waals surface area contributed by atoms with Crippen molar-refractivity contribution in [1.29, 1.82) is 0 Å². The molecule has 2 N–H and O–H groups in total. The van der Waals surface area contributed by atoms with Gasteiger partial charge in [-0.3, -0.25) is 4.79 Å². The lowest BCUT2D eigenvalue weighted by Gasteiger charge is -2.34. The molecule has 0 radical (unpaired) electrons. The van der Waals surface area contributed by atoms with Crippen molar-refractivity contribution in [3.63, 3.8) is 0 Å². The summed E-state index contributed by atoms with van der Waals surface area (Å²) < 4.78 is 5.37. The van der Waals surface area contributed by atoms with Gasteiger partial charge in [0.1, 0.15) is 0 Å². The third-order valence-corrected chi connectivity index (χ3v) is 3.26. The normalized spacial score (nSPS) is 22.8. The summed E-state index contributed by atoms with van der Waals surface area (Å²) in [7, 11) is 0. The zero-order valence-corrected chi connectivity index (χ0v) is 10.8. The molecule has 0 saturated carbocycles. The Labute approximate surface area is 111 Å². The highest BCUT2D eigenvalue weighted by molar-refractivity contribution is 6.05. The van der Waals surface area contributed by atoms with E-state index in [2.05, 4.69) is 5.32 Å². The summed E-state index contributed by atoms with van der Waals surface area (Å²) in [5.41, 5.74) is -0.233. The molecule has 0 aliphatic carbocycles. The molecule has 1 heterocycles. The largest absolute Gasteiger partial charge is 0.478 e. The van der Waals surface area contributed by atoms with Crippen molar-refractivity contribution in [3.8, 4) is 0 Å². The van der Waals surface area contributed by atoms with Crippen LogP contribution in [0.4, 0.5) is 0 Å². The number of aromatic carboxylic acids is 1. The molecule has 1 aliphatic rings. The predicted octanol–water partition coefficient (Wildman–Crippen LogP) is 1.68. The smallest absolute Gasteiger partial charge is 0.336 e. The van der Waals surface area contributed by atoms with E-state index in [1.54, 1.807) is 12.1 Å². The van der Waals surface area contributed by atoms with Crippen LogP contribution in [0, 0.1) is 0 Å². The van der Waals surface area contributed by atoms with Crippen molar-refractivity contribution in [2.45, 2.75) is 25.3 Å². The number of hydrogen-bond donors (Lipinski definition) is 2. The number of benzene rings is 1. The van der Waals surface area contributed by atoms with Crippen molar-refractivity contribution in [1.82, 2.24) is 5.32 Å². The van der Waals surface area contributed by atoms with Gasteiger partial charge in [-0.15, -0.1) is 0 Å². The third kappa shape index (κ3) is 3.12. The minimum Gasteiger partial charge on any atom is -0.478 e. The first-order valence-corrected chi connectivity index (χ1v) is 6.24. The van der Waals surface area contributed by atoms with E-state index in [1.165, 1.54) is 12.1 Å². The van der Waals surface area contributed by atoms with Gasteiger partial charge in [0.05, 0.1) is 23.3 Å². The van der Waals surface area contributed by atoms with Crippen LogP contribution in [0.1, 0.15) is 40.5 Å². The fraction of sp³-hybridized carbons (Fsp3) is 0.429. The van der Waals surface area contributed by atoms with Crippen LogP contribution < -0.4 is 5.32 Å². The molecule has 0 aromatic heterocycles.